The van der Waals surface area contributed by atoms with E-state index in [9.17, 15) is 4.79 Å². The first-order valence-electron chi connectivity index (χ1n) is 8.65. The van der Waals surface area contributed by atoms with E-state index in [0.717, 1.165) is 24.0 Å². The molecule has 0 unspecified atom stereocenters. The van der Waals surface area contributed by atoms with Crippen LogP contribution in [0.2, 0.25) is 0 Å². The molecule has 0 aromatic carbocycles. The van der Waals surface area contributed by atoms with Gasteiger partial charge in [-0.2, -0.15) is 0 Å². The van der Waals surface area contributed by atoms with E-state index in [4.69, 9.17) is 0 Å². The molecule has 21 heavy (non-hydrogen) atoms. The fraction of sp³-hybridized carbons (Fsp3) is 0.833. The van der Waals surface area contributed by atoms with Crippen molar-refractivity contribution in [1.29, 1.82) is 0 Å². The van der Waals surface area contributed by atoms with Crippen molar-refractivity contribution >= 4 is 5.91 Å². The first-order chi connectivity index (χ1) is 9.89. The molecule has 0 aliphatic heterocycles. The van der Waals surface area contributed by atoms with Crippen molar-refractivity contribution in [3.63, 3.8) is 0 Å². The summed E-state index contributed by atoms with van der Waals surface area (Å²) in [6, 6.07) is 0. The summed E-state index contributed by atoms with van der Waals surface area (Å²) in [5, 5.41) is 2.90. The number of hydrogen-bond donors (Lipinski definition) is 1. The van der Waals surface area contributed by atoms with Gasteiger partial charge in [-0.05, 0) is 19.8 Å². The molecule has 3 nitrogen and oxygen atoms in total. The molecule has 0 aliphatic carbocycles. The number of nitrogens with zero attached hydrogens (tertiary/aromatic N) is 1. The molecular formula is C18H37N2O+. The molecule has 1 amide bonds. The molecule has 0 saturated carbocycles. The maximum atomic E-state index is 11.4. The van der Waals surface area contributed by atoms with Gasteiger partial charge in [-0.15, -0.1) is 0 Å². The van der Waals surface area contributed by atoms with Gasteiger partial charge in [-0.1, -0.05) is 45.6 Å². The third kappa shape index (κ3) is 12.6. The molecule has 0 aliphatic rings. The number of rotatable bonds is 13. The van der Waals surface area contributed by atoms with Crippen LogP contribution in [0.5, 0.6) is 0 Å². The van der Waals surface area contributed by atoms with Crippen LogP contribution >= 0.6 is 0 Å². The Labute approximate surface area is 132 Å². The summed E-state index contributed by atoms with van der Waals surface area (Å²) < 4.78 is 1.05. The molecule has 0 aromatic heterocycles. The fourth-order valence-electron chi connectivity index (χ4n) is 2.47. The number of carbonyl (C=O) groups excluding carboxylic acids is 1. The van der Waals surface area contributed by atoms with E-state index in [-0.39, 0.29) is 5.91 Å². The van der Waals surface area contributed by atoms with Crippen LogP contribution in [0.4, 0.5) is 0 Å². The first-order valence-corrected chi connectivity index (χ1v) is 8.65. The van der Waals surface area contributed by atoms with E-state index < -0.39 is 0 Å². The van der Waals surface area contributed by atoms with Crippen molar-refractivity contribution in [3.8, 4) is 0 Å². The lowest BCUT2D eigenvalue weighted by Crippen LogP contribution is -2.42. The quantitative estimate of drug-likeness (QED) is 0.312. The maximum Gasteiger partial charge on any atom is 0.246 e. The van der Waals surface area contributed by atoms with Gasteiger partial charge in [0.25, 0.3) is 0 Å². The van der Waals surface area contributed by atoms with Gasteiger partial charge in [0, 0.05) is 18.5 Å². The molecule has 3 heteroatoms. The minimum absolute atomic E-state index is 0.0209. The van der Waals surface area contributed by atoms with Gasteiger partial charge in [0.1, 0.15) is 0 Å². The average Bonchev–Trinajstić information content (AvgIpc) is 2.42. The van der Waals surface area contributed by atoms with Crippen LogP contribution in [-0.2, 0) is 4.79 Å². The fourth-order valence-corrected chi connectivity index (χ4v) is 2.47. The number of unbranched alkanes of at least 4 members (excludes halogenated alkanes) is 6. The third-order valence-corrected chi connectivity index (χ3v) is 3.98. The smallest absolute Gasteiger partial charge is 0.246 e. The van der Waals surface area contributed by atoms with Crippen molar-refractivity contribution in [2.45, 2.75) is 65.2 Å². The molecule has 0 rings (SSSR count). The zero-order chi connectivity index (χ0) is 16.1. The SMILES string of the molecule is C=C(C)C(=O)NCCC[N+](C)(C)CCCCCCCCC. The highest BCUT2D eigenvalue weighted by atomic mass is 16.1. The Balaban J connectivity index is 3.55. The molecule has 0 saturated heterocycles. The molecule has 124 valence electrons. The van der Waals surface area contributed by atoms with Gasteiger partial charge >= 0.3 is 0 Å². The number of quaternary nitrogens is 1. The summed E-state index contributed by atoms with van der Waals surface area (Å²) in [5.41, 5.74) is 0.590. The van der Waals surface area contributed by atoms with Gasteiger partial charge in [0.15, 0.2) is 0 Å². The van der Waals surface area contributed by atoms with E-state index in [2.05, 4.69) is 32.9 Å². The van der Waals surface area contributed by atoms with Gasteiger partial charge < -0.3 is 9.80 Å². The molecule has 0 bridgehead atoms. The Morgan fingerprint density at radius 1 is 0.952 bits per heavy atom. The van der Waals surface area contributed by atoms with E-state index in [1.807, 2.05) is 0 Å². The van der Waals surface area contributed by atoms with Crippen molar-refractivity contribution in [2.24, 2.45) is 0 Å². The highest BCUT2D eigenvalue weighted by Gasteiger charge is 2.13. The predicted molar refractivity (Wildman–Crippen MR) is 92.3 cm³/mol. The van der Waals surface area contributed by atoms with Gasteiger partial charge in [-0.25, -0.2) is 0 Å². The predicted octanol–water partition coefficient (Wildman–Crippen LogP) is 3.90. The van der Waals surface area contributed by atoms with Crippen LogP contribution in [0.15, 0.2) is 12.2 Å². The first kappa shape index (κ1) is 20.2. The minimum Gasteiger partial charge on any atom is -0.352 e. The molecule has 0 aromatic rings. The van der Waals surface area contributed by atoms with E-state index in [1.54, 1.807) is 6.92 Å². The monoisotopic (exact) mass is 297 g/mol. The van der Waals surface area contributed by atoms with Crippen LogP contribution in [0.1, 0.15) is 65.2 Å². The number of amides is 1. The summed E-state index contributed by atoms with van der Waals surface area (Å²) >= 11 is 0. The lowest BCUT2D eigenvalue weighted by Gasteiger charge is -2.30. The number of hydrogen-bond acceptors (Lipinski definition) is 1. The Morgan fingerprint density at radius 3 is 2.05 bits per heavy atom. The summed E-state index contributed by atoms with van der Waals surface area (Å²) in [6.45, 7) is 10.8. The van der Waals surface area contributed by atoms with Crippen molar-refractivity contribution in [1.82, 2.24) is 5.32 Å². The standard InChI is InChI=1S/C18H36N2O/c1-6-7-8-9-10-11-12-15-20(4,5)16-13-14-19-18(21)17(2)3/h2,6-16H2,1,3-5H3/p+1. The Kier molecular flexibility index (Phi) is 11.3. The molecule has 0 spiro atoms. The van der Waals surface area contributed by atoms with Crippen LogP contribution < -0.4 is 5.32 Å². The Hall–Kier alpha value is -0.830. The van der Waals surface area contributed by atoms with Crippen molar-refractivity contribution < 1.29 is 9.28 Å². The number of carbonyl (C=O) groups is 1. The topological polar surface area (TPSA) is 29.1 Å². The lowest BCUT2D eigenvalue weighted by atomic mass is 10.1. The van der Waals surface area contributed by atoms with E-state index in [1.165, 1.54) is 51.5 Å². The van der Waals surface area contributed by atoms with Crippen LogP contribution in [0.25, 0.3) is 0 Å². The third-order valence-electron chi connectivity index (χ3n) is 3.98. The summed E-state index contributed by atoms with van der Waals surface area (Å²) in [7, 11) is 4.58. The second-order valence-electron chi connectivity index (χ2n) is 6.89. The second-order valence-corrected chi connectivity index (χ2v) is 6.89. The number of nitrogens with one attached hydrogen (secondary N) is 1. The van der Waals surface area contributed by atoms with Crippen molar-refractivity contribution in [2.75, 3.05) is 33.7 Å². The van der Waals surface area contributed by atoms with Crippen LogP contribution in [0.3, 0.4) is 0 Å². The zero-order valence-corrected chi connectivity index (χ0v) is 14.8. The lowest BCUT2D eigenvalue weighted by molar-refractivity contribution is -0.890. The van der Waals surface area contributed by atoms with Gasteiger partial charge in [0.05, 0.1) is 27.2 Å². The highest BCUT2D eigenvalue weighted by molar-refractivity contribution is 5.91. The summed E-state index contributed by atoms with van der Waals surface area (Å²) in [5.74, 6) is -0.0209. The molecule has 0 radical (unpaired) electrons. The Bertz CT molecular complexity index is 298. The van der Waals surface area contributed by atoms with Crippen molar-refractivity contribution in [3.05, 3.63) is 12.2 Å². The molecule has 0 fully saturated rings. The summed E-state index contributed by atoms with van der Waals surface area (Å²) in [6.07, 6.45) is 10.6. The Morgan fingerprint density at radius 2 is 1.48 bits per heavy atom. The van der Waals surface area contributed by atoms with Crippen LogP contribution in [-0.4, -0.2) is 44.1 Å². The van der Waals surface area contributed by atoms with Gasteiger partial charge in [0.2, 0.25) is 5.91 Å². The zero-order valence-electron chi connectivity index (χ0n) is 14.8. The van der Waals surface area contributed by atoms with E-state index >= 15 is 0 Å². The normalized spacial score (nSPS) is 11.4. The second kappa shape index (κ2) is 11.8. The highest BCUT2D eigenvalue weighted by Crippen LogP contribution is 2.09. The minimum atomic E-state index is -0.0209. The van der Waals surface area contributed by atoms with E-state index in [0.29, 0.717) is 5.57 Å². The molecule has 0 atom stereocenters. The molecular weight excluding hydrogens is 260 g/mol. The average molecular weight is 298 g/mol. The largest absolute Gasteiger partial charge is 0.352 e. The molecule has 1 N–H and O–H groups in total. The molecule has 0 heterocycles. The van der Waals surface area contributed by atoms with Gasteiger partial charge in [-0.3, -0.25) is 4.79 Å². The summed E-state index contributed by atoms with van der Waals surface area (Å²) in [4.78, 5) is 11.4. The van der Waals surface area contributed by atoms with Crippen LogP contribution in [0, 0.1) is 0 Å². The maximum absolute atomic E-state index is 11.4.